The van der Waals surface area contributed by atoms with E-state index in [4.69, 9.17) is 28.9 Å². The molecule has 3 aromatic rings. The molecule has 35 heavy (non-hydrogen) atoms. The molecule has 0 unspecified atom stereocenters. The number of nitrogens with zero attached hydrogens (tertiary/aromatic N) is 3. The number of carbonyl (C=O) groups is 2. The number of halogens is 2. The third kappa shape index (κ3) is 6.61. The highest BCUT2D eigenvalue weighted by Crippen LogP contribution is 2.37. The monoisotopic (exact) mass is 530 g/mol. The van der Waals surface area contributed by atoms with Crippen LogP contribution in [-0.4, -0.2) is 38.1 Å². The summed E-state index contributed by atoms with van der Waals surface area (Å²) in [6.07, 6.45) is 2.34. The smallest absolute Gasteiger partial charge is 0.226 e. The van der Waals surface area contributed by atoms with Crippen molar-refractivity contribution in [2.45, 2.75) is 26.8 Å². The molecule has 0 aliphatic carbocycles. The second-order valence-electron chi connectivity index (χ2n) is 7.61. The Bertz CT molecular complexity index is 1250. The Kier molecular flexibility index (Phi) is 9.28. The van der Waals surface area contributed by atoms with Crippen LogP contribution in [0.2, 0.25) is 10.0 Å². The molecular weight excluding hydrogens is 507 g/mol. The van der Waals surface area contributed by atoms with Crippen LogP contribution in [-0.2, 0) is 11.3 Å². The summed E-state index contributed by atoms with van der Waals surface area (Å²) >= 11 is 13.8. The largest absolute Gasteiger partial charge is 0.396 e. The Hall–Kier alpha value is -2.91. The number of nitrogen functional groups attached to an aromatic ring is 1. The summed E-state index contributed by atoms with van der Waals surface area (Å²) < 4.78 is 0. The van der Waals surface area contributed by atoms with Gasteiger partial charge in [0.25, 0.3) is 0 Å². The van der Waals surface area contributed by atoms with Gasteiger partial charge in [0, 0.05) is 35.4 Å². The highest BCUT2D eigenvalue weighted by atomic mass is 35.5. The van der Waals surface area contributed by atoms with Gasteiger partial charge in [-0.25, -0.2) is 9.97 Å². The number of nitrogens with two attached hydrogens (primary N) is 1. The Morgan fingerprint density at radius 1 is 1.17 bits per heavy atom. The normalized spacial score (nSPS) is 11.7. The van der Waals surface area contributed by atoms with Crippen LogP contribution < -0.4 is 5.73 Å². The molecule has 2 aromatic carbocycles. The maximum absolute atomic E-state index is 13.2. The number of anilines is 1. The average Bonchev–Trinajstić information content (AvgIpc) is 2.83. The topological polar surface area (TPSA) is 109 Å². The number of rotatable bonds is 9. The zero-order valence-electron chi connectivity index (χ0n) is 19.2. The zero-order chi connectivity index (χ0) is 25.5. The van der Waals surface area contributed by atoms with E-state index in [-0.39, 0.29) is 41.0 Å². The lowest BCUT2D eigenvalue weighted by molar-refractivity contribution is -0.116. The first kappa shape index (κ1) is 26.7. The van der Waals surface area contributed by atoms with Crippen molar-refractivity contribution in [3.8, 4) is 11.1 Å². The molecule has 3 N–H and O–H groups in total. The predicted octanol–water partition coefficient (Wildman–Crippen LogP) is 5.49. The zero-order valence-corrected chi connectivity index (χ0v) is 21.5. The summed E-state index contributed by atoms with van der Waals surface area (Å²) in [5, 5.41) is 9.63. The summed E-state index contributed by atoms with van der Waals surface area (Å²) in [6, 6.07) is 12.9. The molecule has 1 heterocycles. The summed E-state index contributed by atoms with van der Waals surface area (Å²) in [4.78, 5) is 35.2. The SMILES string of the molecule is C/C(=C(\CCO)SC(=O)c1c(Cl)cc(-c2ccccc2)cc1Cl)N(C=O)Cc1cnc(C)nc1N. The number of amides is 1. The van der Waals surface area contributed by atoms with E-state index in [1.807, 2.05) is 30.3 Å². The minimum Gasteiger partial charge on any atom is -0.396 e. The molecule has 0 aliphatic heterocycles. The molecule has 0 saturated heterocycles. The van der Waals surface area contributed by atoms with Crippen LogP contribution in [0.5, 0.6) is 0 Å². The second-order valence-corrected chi connectivity index (χ2v) is 9.50. The molecule has 1 amide bonds. The summed E-state index contributed by atoms with van der Waals surface area (Å²) in [6.45, 7) is 3.29. The van der Waals surface area contributed by atoms with E-state index in [0.29, 0.717) is 28.4 Å². The Morgan fingerprint density at radius 3 is 2.40 bits per heavy atom. The van der Waals surface area contributed by atoms with Gasteiger partial charge in [-0.2, -0.15) is 0 Å². The number of thioether (sulfide) groups is 1. The van der Waals surface area contributed by atoms with Crippen LogP contribution in [0.1, 0.15) is 35.1 Å². The van der Waals surface area contributed by atoms with Gasteiger partial charge in [-0.15, -0.1) is 0 Å². The number of carbonyl (C=O) groups excluding carboxylic acids is 2. The third-order valence-corrected chi connectivity index (χ3v) is 6.96. The molecule has 0 bridgehead atoms. The van der Waals surface area contributed by atoms with E-state index >= 15 is 0 Å². The maximum Gasteiger partial charge on any atom is 0.226 e. The molecule has 0 fully saturated rings. The van der Waals surface area contributed by atoms with E-state index < -0.39 is 5.12 Å². The highest BCUT2D eigenvalue weighted by molar-refractivity contribution is 8.17. The molecule has 10 heteroatoms. The summed E-state index contributed by atoms with van der Waals surface area (Å²) in [5.74, 6) is 0.784. The molecule has 0 aliphatic rings. The number of aliphatic hydroxyl groups is 1. The Morgan fingerprint density at radius 2 is 1.83 bits per heavy atom. The average molecular weight is 531 g/mol. The predicted molar refractivity (Wildman–Crippen MR) is 141 cm³/mol. The molecule has 0 saturated carbocycles. The van der Waals surface area contributed by atoms with Gasteiger partial charge in [0.2, 0.25) is 11.5 Å². The number of aryl methyl sites for hydroxylation is 1. The van der Waals surface area contributed by atoms with Crippen molar-refractivity contribution in [2.75, 3.05) is 12.3 Å². The van der Waals surface area contributed by atoms with Crippen LogP contribution in [0, 0.1) is 6.92 Å². The van der Waals surface area contributed by atoms with Crippen LogP contribution >= 0.6 is 35.0 Å². The molecule has 182 valence electrons. The van der Waals surface area contributed by atoms with Gasteiger partial charge in [0.1, 0.15) is 11.6 Å². The van der Waals surface area contributed by atoms with Crippen molar-refractivity contribution >= 4 is 52.3 Å². The van der Waals surface area contributed by atoms with Crippen molar-refractivity contribution in [1.82, 2.24) is 14.9 Å². The summed E-state index contributed by atoms with van der Waals surface area (Å²) in [7, 11) is 0. The number of hydrogen-bond donors (Lipinski definition) is 2. The first-order valence-electron chi connectivity index (χ1n) is 10.6. The van der Waals surface area contributed by atoms with Gasteiger partial charge < -0.3 is 15.7 Å². The van der Waals surface area contributed by atoms with Gasteiger partial charge in [-0.1, -0.05) is 53.5 Å². The van der Waals surface area contributed by atoms with E-state index in [0.717, 1.165) is 22.9 Å². The van der Waals surface area contributed by atoms with Gasteiger partial charge in [0.15, 0.2) is 0 Å². The molecule has 0 atom stereocenters. The first-order valence-corrected chi connectivity index (χ1v) is 12.2. The fourth-order valence-corrected chi connectivity index (χ4v) is 5.12. The number of aromatic nitrogens is 2. The van der Waals surface area contributed by atoms with Crippen LogP contribution in [0.3, 0.4) is 0 Å². The van der Waals surface area contributed by atoms with Crippen LogP contribution in [0.15, 0.2) is 59.3 Å². The van der Waals surface area contributed by atoms with Crippen molar-refractivity contribution < 1.29 is 14.7 Å². The molecule has 3 rings (SSSR count). The highest BCUT2D eigenvalue weighted by Gasteiger charge is 2.22. The molecule has 0 radical (unpaired) electrons. The maximum atomic E-state index is 13.2. The number of hydrogen-bond acceptors (Lipinski definition) is 7. The molecule has 7 nitrogen and oxygen atoms in total. The van der Waals surface area contributed by atoms with Gasteiger partial charge >= 0.3 is 0 Å². The Labute approximate surface area is 218 Å². The second kappa shape index (κ2) is 12.2. The molecule has 1 aromatic heterocycles. The quantitative estimate of drug-likeness (QED) is 0.352. The summed E-state index contributed by atoms with van der Waals surface area (Å²) in [5.41, 5.74) is 8.88. The lowest BCUT2D eigenvalue weighted by atomic mass is 10.0. The van der Waals surface area contributed by atoms with Crippen molar-refractivity contribution in [2.24, 2.45) is 0 Å². The number of aliphatic hydroxyl groups excluding tert-OH is 1. The van der Waals surface area contributed by atoms with Gasteiger partial charge in [-0.3, -0.25) is 9.59 Å². The van der Waals surface area contributed by atoms with E-state index in [1.165, 1.54) is 4.90 Å². The van der Waals surface area contributed by atoms with Crippen LogP contribution in [0.25, 0.3) is 11.1 Å². The fraction of sp³-hybridized carbons (Fsp3) is 0.200. The van der Waals surface area contributed by atoms with Crippen molar-refractivity contribution in [3.05, 3.63) is 86.3 Å². The fourth-order valence-electron chi connectivity index (χ4n) is 3.35. The third-order valence-electron chi connectivity index (χ3n) is 5.23. The van der Waals surface area contributed by atoms with Gasteiger partial charge in [0.05, 0.1) is 22.2 Å². The minimum absolute atomic E-state index is 0.110. The van der Waals surface area contributed by atoms with E-state index in [2.05, 4.69) is 9.97 Å². The Balaban J connectivity index is 1.89. The minimum atomic E-state index is -0.397. The van der Waals surface area contributed by atoms with E-state index in [9.17, 15) is 14.7 Å². The van der Waals surface area contributed by atoms with Gasteiger partial charge in [-0.05, 0) is 48.9 Å². The van der Waals surface area contributed by atoms with Crippen molar-refractivity contribution in [3.63, 3.8) is 0 Å². The lowest BCUT2D eigenvalue weighted by Crippen LogP contribution is -2.22. The van der Waals surface area contributed by atoms with Crippen molar-refractivity contribution in [1.29, 1.82) is 0 Å². The van der Waals surface area contributed by atoms with E-state index in [1.54, 1.807) is 32.2 Å². The van der Waals surface area contributed by atoms with Crippen LogP contribution in [0.4, 0.5) is 5.82 Å². The lowest BCUT2D eigenvalue weighted by Gasteiger charge is -2.22. The molecule has 0 spiro atoms. The standard InChI is InChI=1S/C25H24Cl2N4O3S/c1-15(31(14-33)13-19-12-29-16(2)30-24(19)28)22(8-9-32)35-25(34)23-20(26)10-18(11-21(23)27)17-6-4-3-5-7-17/h3-7,10-12,14,32H,8-9,13H2,1-2H3,(H2,28,29,30)/b22-15-. The number of allylic oxidation sites excluding steroid dienone is 1. The first-order chi connectivity index (χ1) is 16.7. The number of benzene rings is 2. The molecular formula is C25H24Cl2N4O3S.